The van der Waals surface area contributed by atoms with Crippen LogP contribution in [0.25, 0.3) is 0 Å². The Bertz CT molecular complexity index is 446. The molecule has 3 unspecified atom stereocenters. The van der Waals surface area contributed by atoms with Crippen LogP contribution in [0.15, 0.2) is 29.2 Å². The van der Waals surface area contributed by atoms with Crippen LogP contribution in [0.2, 0.25) is 0 Å². The molecule has 0 spiro atoms. The molecule has 2 aliphatic heterocycles. The van der Waals surface area contributed by atoms with Gasteiger partial charge >= 0.3 is 0 Å². The molecule has 2 aliphatic rings. The Morgan fingerprint density at radius 1 is 1.26 bits per heavy atom. The van der Waals surface area contributed by atoms with Crippen molar-refractivity contribution >= 4 is 11.8 Å². The maximum atomic E-state index is 2.67. The first-order valence-corrected chi connectivity index (χ1v) is 8.24. The predicted octanol–water partition coefficient (Wildman–Crippen LogP) is 2.76. The summed E-state index contributed by atoms with van der Waals surface area (Å²) in [5, 5.41) is 0. The number of hydrogen-bond donors (Lipinski definition) is 0. The number of hydrogen-bond acceptors (Lipinski definition) is 3. The Morgan fingerprint density at radius 2 is 2.05 bits per heavy atom. The van der Waals surface area contributed by atoms with Crippen LogP contribution < -0.4 is 0 Å². The molecule has 0 aromatic heterocycles. The molecule has 0 amide bonds. The molecule has 19 heavy (non-hydrogen) atoms. The zero-order valence-corrected chi connectivity index (χ0v) is 13.0. The van der Waals surface area contributed by atoms with Gasteiger partial charge in [0.15, 0.2) is 0 Å². The van der Waals surface area contributed by atoms with Crippen LogP contribution in [0.3, 0.4) is 0 Å². The fourth-order valence-electron chi connectivity index (χ4n) is 3.56. The summed E-state index contributed by atoms with van der Waals surface area (Å²) < 4.78 is 0. The summed E-state index contributed by atoms with van der Waals surface area (Å²) in [7, 11) is 4.43. The van der Waals surface area contributed by atoms with Gasteiger partial charge in [-0.05, 0) is 31.6 Å². The second-order valence-electron chi connectivity index (χ2n) is 6.27. The monoisotopic (exact) mass is 276 g/mol. The van der Waals surface area contributed by atoms with Crippen LogP contribution in [0.4, 0.5) is 0 Å². The number of benzene rings is 1. The maximum Gasteiger partial charge on any atom is 0.0254 e. The summed E-state index contributed by atoms with van der Waals surface area (Å²) in [4.78, 5) is 6.56. The number of likely N-dealkylation sites (tertiary alicyclic amines) is 1. The molecule has 1 fully saturated rings. The van der Waals surface area contributed by atoms with Crippen molar-refractivity contribution in [3.8, 4) is 0 Å². The normalized spacial score (nSPS) is 31.1. The van der Waals surface area contributed by atoms with Gasteiger partial charge < -0.3 is 9.80 Å². The van der Waals surface area contributed by atoms with Crippen LogP contribution in [0.1, 0.15) is 18.4 Å². The first kappa shape index (κ1) is 13.5. The summed E-state index contributed by atoms with van der Waals surface area (Å²) in [6.45, 7) is 6.12. The standard InChI is InChI=1S/C16H24N2S/c1-12-8-18(10-15(12)17(2)3)9-13-11-19-16-7-5-4-6-14(13)16/h4-7,12-13,15H,8-11H2,1-3H3. The van der Waals surface area contributed by atoms with Crippen LogP contribution in [0.5, 0.6) is 0 Å². The van der Waals surface area contributed by atoms with Crippen LogP contribution in [-0.2, 0) is 0 Å². The lowest BCUT2D eigenvalue weighted by Crippen LogP contribution is -2.35. The average Bonchev–Trinajstić information content (AvgIpc) is 2.95. The fraction of sp³-hybridized carbons (Fsp3) is 0.625. The van der Waals surface area contributed by atoms with E-state index in [0.717, 1.165) is 17.9 Å². The predicted molar refractivity (Wildman–Crippen MR) is 83.0 cm³/mol. The highest BCUT2D eigenvalue weighted by atomic mass is 32.2. The zero-order valence-electron chi connectivity index (χ0n) is 12.2. The van der Waals surface area contributed by atoms with Gasteiger partial charge in [0.25, 0.3) is 0 Å². The van der Waals surface area contributed by atoms with Gasteiger partial charge in [-0.1, -0.05) is 25.1 Å². The molecule has 3 rings (SSSR count). The van der Waals surface area contributed by atoms with E-state index in [2.05, 4.69) is 55.1 Å². The highest BCUT2D eigenvalue weighted by Gasteiger charge is 2.33. The fourth-order valence-corrected chi connectivity index (χ4v) is 4.80. The van der Waals surface area contributed by atoms with Crippen molar-refractivity contribution in [1.82, 2.24) is 9.80 Å². The molecule has 104 valence electrons. The third-order valence-corrected chi connectivity index (χ3v) is 5.84. The minimum atomic E-state index is 0.726. The van der Waals surface area contributed by atoms with Crippen molar-refractivity contribution < 1.29 is 0 Å². The number of rotatable bonds is 3. The van der Waals surface area contributed by atoms with E-state index in [-0.39, 0.29) is 0 Å². The SMILES string of the molecule is CC1CN(CC2CSc3ccccc32)CC1N(C)C. The molecule has 0 radical (unpaired) electrons. The molecule has 0 bridgehead atoms. The van der Waals surface area contributed by atoms with Crippen molar-refractivity contribution in [1.29, 1.82) is 0 Å². The lowest BCUT2D eigenvalue weighted by atomic mass is 10.0. The minimum Gasteiger partial charge on any atom is -0.305 e. The summed E-state index contributed by atoms with van der Waals surface area (Å²) in [6.07, 6.45) is 0. The Labute approximate surface area is 121 Å². The van der Waals surface area contributed by atoms with Gasteiger partial charge in [0.05, 0.1) is 0 Å². The third kappa shape index (κ3) is 2.69. The lowest BCUT2D eigenvalue weighted by molar-refractivity contribution is 0.249. The first-order chi connectivity index (χ1) is 9.15. The molecular weight excluding hydrogens is 252 g/mol. The summed E-state index contributed by atoms with van der Waals surface area (Å²) in [5.74, 6) is 2.78. The second kappa shape index (κ2) is 5.47. The van der Waals surface area contributed by atoms with E-state index in [0.29, 0.717) is 0 Å². The molecule has 1 aromatic rings. The highest BCUT2D eigenvalue weighted by Crippen LogP contribution is 2.40. The molecule has 1 aromatic carbocycles. The largest absolute Gasteiger partial charge is 0.305 e. The Morgan fingerprint density at radius 3 is 2.79 bits per heavy atom. The van der Waals surface area contributed by atoms with Crippen molar-refractivity contribution in [3.05, 3.63) is 29.8 Å². The molecule has 0 N–H and O–H groups in total. The van der Waals surface area contributed by atoms with Gasteiger partial charge in [-0.2, -0.15) is 0 Å². The molecule has 3 heteroatoms. The molecule has 2 nitrogen and oxygen atoms in total. The van der Waals surface area contributed by atoms with Gasteiger partial charge in [-0.25, -0.2) is 0 Å². The second-order valence-corrected chi connectivity index (χ2v) is 7.33. The summed E-state index contributed by atoms with van der Waals surface area (Å²) in [5.41, 5.74) is 1.58. The average molecular weight is 276 g/mol. The van der Waals surface area contributed by atoms with Crippen LogP contribution in [0, 0.1) is 5.92 Å². The summed E-state index contributed by atoms with van der Waals surface area (Å²) >= 11 is 2.03. The van der Waals surface area contributed by atoms with Crippen molar-refractivity contribution in [2.24, 2.45) is 5.92 Å². The first-order valence-electron chi connectivity index (χ1n) is 7.25. The minimum absolute atomic E-state index is 0.726. The Kier molecular flexibility index (Phi) is 3.88. The topological polar surface area (TPSA) is 6.48 Å². The smallest absolute Gasteiger partial charge is 0.0254 e. The van der Waals surface area contributed by atoms with E-state index in [1.165, 1.54) is 30.3 Å². The van der Waals surface area contributed by atoms with E-state index in [1.807, 2.05) is 11.8 Å². The molecular formula is C16H24N2S. The molecule has 0 saturated carbocycles. The van der Waals surface area contributed by atoms with Crippen molar-refractivity contribution in [3.63, 3.8) is 0 Å². The number of likely N-dealkylation sites (N-methyl/N-ethyl adjacent to an activating group) is 1. The lowest BCUT2D eigenvalue weighted by Gasteiger charge is -2.23. The molecule has 3 atom stereocenters. The van der Waals surface area contributed by atoms with E-state index >= 15 is 0 Å². The van der Waals surface area contributed by atoms with Crippen molar-refractivity contribution in [2.45, 2.75) is 23.8 Å². The number of nitrogens with zero attached hydrogens (tertiary/aromatic N) is 2. The highest BCUT2D eigenvalue weighted by molar-refractivity contribution is 7.99. The van der Waals surface area contributed by atoms with Crippen LogP contribution >= 0.6 is 11.8 Å². The maximum absolute atomic E-state index is 2.67. The van der Waals surface area contributed by atoms with E-state index < -0.39 is 0 Å². The van der Waals surface area contributed by atoms with Gasteiger partial charge in [0, 0.05) is 42.2 Å². The van der Waals surface area contributed by atoms with Gasteiger partial charge in [-0.15, -0.1) is 11.8 Å². The Hall–Kier alpha value is -0.510. The van der Waals surface area contributed by atoms with Gasteiger partial charge in [0.2, 0.25) is 0 Å². The van der Waals surface area contributed by atoms with Crippen molar-refractivity contribution in [2.75, 3.05) is 39.5 Å². The molecule has 1 saturated heterocycles. The number of fused-ring (bicyclic) bond motifs is 1. The third-order valence-electron chi connectivity index (χ3n) is 4.59. The Balaban J connectivity index is 1.65. The van der Waals surface area contributed by atoms with E-state index in [9.17, 15) is 0 Å². The molecule has 0 aliphatic carbocycles. The van der Waals surface area contributed by atoms with E-state index in [1.54, 1.807) is 5.56 Å². The van der Waals surface area contributed by atoms with Crippen LogP contribution in [-0.4, -0.2) is 55.3 Å². The summed E-state index contributed by atoms with van der Waals surface area (Å²) in [6, 6.07) is 9.67. The molecule has 2 heterocycles. The zero-order chi connectivity index (χ0) is 13.4. The van der Waals surface area contributed by atoms with Gasteiger partial charge in [-0.3, -0.25) is 0 Å². The van der Waals surface area contributed by atoms with Gasteiger partial charge in [0.1, 0.15) is 0 Å². The number of thioether (sulfide) groups is 1. The van der Waals surface area contributed by atoms with E-state index in [4.69, 9.17) is 0 Å². The quantitative estimate of drug-likeness (QED) is 0.838.